The Labute approximate surface area is 165 Å². The van der Waals surface area contributed by atoms with E-state index in [-0.39, 0.29) is 0 Å². The van der Waals surface area contributed by atoms with Crippen molar-refractivity contribution in [3.63, 3.8) is 0 Å². The van der Waals surface area contributed by atoms with Crippen LogP contribution >= 0.6 is 0 Å². The third kappa shape index (κ3) is 5.67. The highest BCUT2D eigenvalue weighted by molar-refractivity contribution is 5.30. The highest BCUT2D eigenvalue weighted by Gasteiger charge is 2.24. The van der Waals surface area contributed by atoms with E-state index in [1.807, 2.05) is 0 Å². The molecule has 2 heteroatoms. The van der Waals surface area contributed by atoms with Crippen molar-refractivity contribution in [2.75, 3.05) is 0 Å². The number of hydrogen-bond donors (Lipinski definition) is 2. The van der Waals surface area contributed by atoms with E-state index in [4.69, 9.17) is 0 Å². The van der Waals surface area contributed by atoms with Gasteiger partial charge in [0.1, 0.15) is 0 Å². The summed E-state index contributed by atoms with van der Waals surface area (Å²) in [6.07, 6.45) is 5.22. The molecule has 1 aliphatic carbocycles. The number of nitrogens with one attached hydrogen (secondary N) is 2. The third-order valence-corrected chi connectivity index (χ3v) is 6.12. The van der Waals surface area contributed by atoms with Crippen LogP contribution in [0.2, 0.25) is 0 Å². The Kier molecular flexibility index (Phi) is 7.09. The molecule has 146 valence electrons. The Morgan fingerprint density at radius 2 is 1.33 bits per heavy atom. The molecule has 0 radical (unpaired) electrons. The van der Waals surface area contributed by atoms with Gasteiger partial charge in [0.2, 0.25) is 0 Å². The number of benzene rings is 2. The molecule has 2 aromatic rings. The minimum Gasteiger partial charge on any atom is -0.308 e. The lowest BCUT2D eigenvalue weighted by Gasteiger charge is -2.33. The first kappa shape index (κ1) is 20.1. The summed E-state index contributed by atoms with van der Waals surface area (Å²) in [5, 5.41) is 7.66. The first-order valence-corrected chi connectivity index (χ1v) is 10.6. The van der Waals surface area contributed by atoms with Crippen molar-refractivity contribution in [1.82, 2.24) is 10.6 Å². The molecular weight excluding hydrogens is 328 g/mol. The minimum atomic E-state index is 0.565. The summed E-state index contributed by atoms with van der Waals surface area (Å²) < 4.78 is 0. The van der Waals surface area contributed by atoms with E-state index in [0.29, 0.717) is 18.0 Å². The molecule has 2 atom stereocenters. The zero-order chi connectivity index (χ0) is 19.2. The van der Waals surface area contributed by atoms with Gasteiger partial charge in [0, 0.05) is 25.2 Å². The van der Waals surface area contributed by atoms with Gasteiger partial charge in [0.25, 0.3) is 0 Å². The largest absolute Gasteiger partial charge is 0.308 e. The molecule has 0 aliphatic heterocycles. The molecular formula is C25H36N2. The van der Waals surface area contributed by atoms with E-state index in [0.717, 1.165) is 13.1 Å². The van der Waals surface area contributed by atoms with Crippen LogP contribution in [0.25, 0.3) is 0 Å². The number of hydrogen-bond acceptors (Lipinski definition) is 2. The van der Waals surface area contributed by atoms with E-state index >= 15 is 0 Å². The Balaban J connectivity index is 1.54. The zero-order valence-electron chi connectivity index (χ0n) is 17.5. The lowest BCUT2D eigenvalue weighted by atomic mass is 9.89. The smallest absolute Gasteiger partial charge is 0.0224 e. The van der Waals surface area contributed by atoms with Gasteiger partial charge >= 0.3 is 0 Å². The van der Waals surface area contributed by atoms with Gasteiger partial charge in [0.15, 0.2) is 0 Å². The van der Waals surface area contributed by atoms with Crippen molar-refractivity contribution in [3.8, 4) is 0 Å². The third-order valence-electron chi connectivity index (χ3n) is 6.12. The molecule has 2 aromatic carbocycles. The lowest BCUT2D eigenvalue weighted by molar-refractivity contribution is 0.281. The van der Waals surface area contributed by atoms with Crippen LogP contribution in [0.5, 0.6) is 0 Å². The van der Waals surface area contributed by atoms with Crippen LogP contribution in [-0.2, 0) is 13.1 Å². The van der Waals surface area contributed by atoms with E-state index in [2.05, 4.69) is 80.8 Å². The first-order chi connectivity index (χ1) is 13.0. The summed E-state index contributed by atoms with van der Waals surface area (Å²) in [7, 11) is 0. The van der Waals surface area contributed by atoms with Gasteiger partial charge in [-0.15, -0.1) is 0 Å². The fourth-order valence-electron chi connectivity index (χ4n) is 4.05. The molecule has 27 heavy (non-hydrogen) atoms. The normalized spacial score (nSPS) is 20.2. The van der Waals surface area contributed by atoms with Gasteiger partial charge in [-0.2, -0.15) is 0 Å². The monoisotopic (exact) mass is 364 g/mol. The van der Waals surface area contributed by atoms with Crippen LogP contribution in [0.1, 0.15) is 73.3 Å². The fourth-order valence-corrected chi connectivity index (χ4v) is 4.05. The van der Waals surface area contributed by atoms with Crippen LogP contribution in [0.3, 0.4) is 0 Å². The predicted molar refractivity (Wildman–Crippen MR) is 116 cm³/mol. The molecule has 0 bridgehead atoms. The highest BCUT2D eigenvalue weighted by Crippen LogP contribution is 2.21. The first-order valence-electron chi connectivity index (χ1n) is 10.6. The molecule has 2 unspecified atom stereocenters. The minimum absolute atomic E-state index is 0.565. The van der Waals surface area contributed by atoms with Crippen molar-refractivity contribution >= 4 is 0 Å². The average molecular weight is 365 g/mol. The molecule has 0 saturated heterocycles. The highest BCUT2D eigenvalue weighted by atomic mass is 15.0. The average Bonchev–Trinajstić information content (AvgIpc) is 2.68. The molecule has 0 aromatic heterocycles. The van der Waals surface area contributed by atoms with Crippen LogP contribution < -0.4 is 10.6 Å². The second-order valence-electron chi connectivity index (χ2n) is 8.57. The van der Waals surface area contributed by atoms with Crippen molar-refractivity contribution in [1.29, 1.82) is 0 Å². The summed E-state index contributed by atoms with van der Waals surface area (Å²) in [4.78, 5) is 0. The maximum Gasteiger partial charge on any atom is 0.0224 e. The molecule has 0 amide bonds. The molecule has 1 fully saturated rings. The Morgan fingerprint density at radius 1 is 0.778 bits per heavy atom. The van der Waals surface area contributed by atoms with E-state index in [1.54, 1.807) is 0 Å². The van der Waals surface area contributed by atoms with Crippen molar-refractivity contribution < 1.29 is 0 Å². The molecule has 1 saturated carbocycles. The Morgan fingerprint density at radius 3 is 1.89 bits per heavy atom. The summed E-state index contributed by atoms with van der Waals surface area (Å²) >= 11 is 0. The standard InChI is InChI=1S/C25H36N2/c1-18(2)23-13-11-21(12-14-23)16-26-24-7-5-6-8-25(24)27-17-22-10-9-19(3)20(4)15-22/h9-15,18,24-27H,5-8,16-17H2,1-4H3. The molecule has 2 N–H and O–H groups in total. The Hall–Kier alpha value is -1.64. The topological polar surface area (TPSA) is 24.1 Å². The van der Waals surface area contributed by atoms with Crippen LogP contribution in [0.15, 0.2) is 42.5 Å². The molecule has 1 aliphatic rings. The van der Waals surface area contributed by atoms with Crippen LogP contribution in [0, 0.1) is 13.8 Å². The number of rotatable bonds is 7. The molecule has 0 heterocycles. The van der Waals surface area contributed by atoms with Gasteiger partial charge in [-0.3, -0.25) is 0 Å². The summed E-state index contributed by atoms with van der Waals surface area (Å²) in [6.45, 7) is 10.8. The summed E-state index contributed by atoms with van der Waals surface area (Å²) in [5.41, 5.74) is 6.96. The van der Waals surface area contributed by atoms with Crippen molar-refractivity contribution in [3.05, 3.63) is 70.3 Å². The van der Waals surface area contributed by atoms with Crippen LogP contribution in [0.4, 0.5) is 0 Å². The SMILES string of the molecule is Cc1ccc(CNC2CCCCC2NCc2ccc(C(C)C)cc2)cc1C. The Bertz CT molecular complexity index is 718. The van der Waals surface area contributed by atoms with Crippen molar-refractivity contribution in [2.45, 2.75) is 84.5 Å². The molecule has 0 spiro atoms. The predicted octanol–water partition coefficient (Wildman–Crippen LogP) is 5.62. The second-order valence-corrected chi connectivity index (χ2v) is 8.57. The van der Waals surface area contributed by atoms with Gasteiger partial charge in [-0.25, -0.2) is 0 Å². The van der Waals surface area contributed by atoms with E-state index in [9.17, 15) is 0 Å². The molecule has 3 rings (SSSR count). The summed E-state index contributed by atoms with van der Waals surface area (Å²) in [6, 6.07) is 17.1. The maximum atomic E-state index is 3.83. The fraction of sp³-hybridized carbons (Fsp3) is 0.520. The zero-order valence-corrected chi connectivity index (χ0v) is 17.5. The van der Waals surface area contributed by atoms with Gasteiger partial charge in [-0.05, 0) is 60.4 Å². The second kappa shape index (κ2) is 9.52. The van der Waals surface area contributed by atoms with Gasteiger partial charge < -0.3 is 10.6 Å². The van der Waals surface area contributed by atoms with Gasteiger partial charge in [-0.1, -0.05) is 69.2 Å². The lowest BCUT2D eigenvalue weighted by Crippen LogP contribution is -2.49. The summed E-state index contributed by atoms with van der Waals surface area (Å²) in [5.74, 6) is 0.601. The van der Waals surface area contributed by atoms with Crippen molar-refractivity contribution in [2.24, 2.45) is 0 Å². The van der Waals surface area contributed by atoms with Crippen LogP contribution in [-0.4, -0.2) is 12.1 Å². The van der Waals surface area contributed by atoms with Gasteiger partial charge in [0.05, 0.1) is 0 Å². The quantitative estimate of drug-likeness (QED) is 0.666. The maximum absolute atomic E-state index is 3.83. The van der Waals surface area contributed by atoms with E-state index < -0.39 is 0 Å². The number of aryl methyl sites for hydroxylation is 2. The molecule has 2 nitrogen and oxygen atoms in total. The van der Waals surface area contributed by atoms with E-state index in [1.165, 1.54) is 53.5 Å².